The molecular formula is C16H14N2O6. The maximum Gasteiger partial charge on any atom is 0.271 e. The van der Waals surface area contributed by atoms with Crippen LogP contribution < -0.4 is 4.90 Å². The summed E-state index contributed by atoms with van der Waals surface area (Å²) in [6, 6.07) is 4.07. The van der Waals surface area contributed by atoms with E-state index in [-0.39, 0.29) is 11.4 Å². The Labute approximate surface area is 136 Å². The average Bonchev–Trinajstić information content (AvgIpc) is 3.19. The first kappa shape index (κ1) is 15.0. The molecule has 3 aliphatic rings. The van der Waals surface area contributed by atoms with Crippen molar-refractivity contribution in [1.82, 2.24) is 0 Å². The highest BCUT2D eigenvalue weighted by Crippen LogP contribution is 2.52. The Bertz CT molecular complexity index is 819. The lowest BCUT2D eigenvalue weighted by Gasteiger charge is -2.26. The van der Waals surface area contributed by atoms with Gasteiger partial charge in [0.15, 0.2) is 0 Å². The molecule has 1 aromatic rings. The van der Waals surface area contributed by atoms with Crippen molar-refractivity contribution in [3.05, 3.63) is 46.0 Å². The van der Waals surface area contributed by atoms with Gasteiger partial charge in [-0.15, -0.1) is 0 Å². The lowest BCUT2D eigenvalue weighted by molar-refractivity contribution is -0.384. The van der Waals surface area contributed by atoms with Gasteiger partial charge in [0, 0.05) is 12.1 Å². The van der Waals surface area contributed by atoms with E-state index in [0.717, 1.165) is 4.90 Å². The van der Waals surface area contributed by atoms with E-state index in [9.17, 15) is 24.8 Å². The molecule has 8 nitrogen and oxygen atoms in total. The van der Waals surface area contributed by atoms with Crippen LogP contribution in [0.15, 0.2) is 30.4 Å². The zero-order chi connectivity index (χ0) is 17.2. The molecule has 1 aromatic carbocycles. The highest BCUT2D eigenvalue weighted by molar-refractivity contribution is 6.23. The molecule has 1 N–H and O–H groups in total. The Kier molecular flexibility index (Phi) is 2.94. The first-order valence-electron chi connectivity index (χ1n) is 7.50. The van der Waals surface area contributed by atoms with E-state index < -0.39 is 46.9 Å². The van der Waals surface area contributed by atoms with Crippen molar-refractivity contribution in [2.45, 2.75) is 18.6 Å². The molecule has 2 bridgehead atoms. The van der Waals surface area contributed by atoms with Gasteiger partial charge in [0.25, 0.3) is 5.69 Å². The zero-order valence-corrected chi connectivity index (χ0v) is 12.7. The fourth-order valence-corrected chi connectivity index (χ4v) is 3.87. The van der Waals surface area contributed by atoms with Crippen LogP contribution in [0, 0.1) is 28.9 Å². The number of aliphatic hydroxyl groups is 1. The Morgan fingerprint density at radius 2 is 2.12 bits per heavy atom. The summed E-state index contributed by atoms with van der Waals surface area (Å²) < 4.78 is 5.66. The summed E-state index contributed by atoms with van der Waals surface area (Å²) in [5.41, 5.74) is -0.573. The number of fused-ring (bicyclic) bond motifs is 5. The lowest BCUT2D eigenvalue weighted by Crippen LogP contribution is -2.43. The van der Waals surface area contributed by atoms with E-state index in [4.69, 9.17) is 4.74 Å². The van der Waals surface area contributed by atoms with Gasteiger partial charge in [-0.25, -0.2) is 4.90 Å². The minimum absolute atomic E-state index is 0.192. The third kappa shape index (κ3) is 1.69. The molecule has 0 unspecified atom stereocenters. The number of benzene rings is 1. The number of rotatable bonds is 3. The molecule has 3 heterocycles. The third-order valence-corrected chi connectivity index (χ3v) is 5.05. The van der Waals surface area contributed by atoms with Gasteiger partial charge in [-0.1, -0.05) is 18.2 Å². The fraction of sp³-hybridized carbons (Fsp3) is 0.375. The number of ether oxygens (including phenoxy) is 1. The highest BCUT2D eigenvalue weighted by atomic mass is 16.6. The van der Waals surface area contributed by atoms with Gasteiger partial charge in [0.1, 0.15) is 5.60 Å². The van der Waals surface area contributed by atoms with E-state index >= 15 is 0 Å². The first-order valence-corrected chi connectivity index (χ1v) is 7.50. The molecule has 24 heavy (non-hydrogen) atoms. The number of nitrogens with zero attached hydrogens (tertiary/aromatic N) is 2. The van der Waals surface area contributed by atoms with Crippen LogP contribution in [-0.2, 0) is 14.3 Å². The standard InChI is InChI=1S/C16H14N2O6/c1-8-2-3-9(18(22)23)6-10(8)17-14(20)12-11-4-5-16(7-19,24-11)13(12)15(17)21/h2-6,11-13,19H,7H2,1H3/t11-,12-,13-,16+/m1/s1. The van der Waals surface area contributed by atoms with Gasteiger partial charge < -0.3 is 9.84 Å². The number of aliphatic hydroxyl groups excluding tert-OH is 1. The van der Waals surface area contributed by atoms with Gasteiger partial charge in [-0.3, -0.25) is 19.7 Å². The van der Waals surface area contributed by atoms with Crippen LogP contribution >= 0.6 is 0 Å². The van der Waals surface area contributed by atoms with Crippen LogP contribution in [0.25, 0.3) is 0 Å². The number of imide groups is 1. The molecular weight excluding hydrogens is 316 g/mol. The molecule has 2 amide bonds. The van der Waals surface area contributed by atoms with Crippen molar-refractivity contribution in [2.24, 2.45) is 11.8 Å². The predicted molar refractivity (Wildman–Crippen MR) is 81.1 cm³/mol. The third-order valence-electron chi connectivity index (χ3n) is 5.05. The van der Waals surface area contributed by atoms with Crippen LogP contribution in [0.5, 0.6) is 0 Å². The number of non-ortho nitro benzene ring substituents is 1. The minimum Gasteiger partial charge on any atom is -0.393 e. The molecule has 124 valence electrons. The molecule has 0 spiro atoms. The van der Waals surface area contributed by atoms with E-state index in [0.29, 0.717) is 5.56 Å². The van der Waals surface area contributed by atoms with Gasteiger partial charge in [-0.05, 0) is 12.5 Å². The van der Waals surface area contributed by atoms with Crippen molar-refractivity contribution < 1.29 is 24.4 Å². The second-order valence-electron chi connectivity index (χ2n) is 6.30. The van der Waals surface area contributed by atoms with Crippen LogP contribution in [-0.4, -0.2) is 40.2 Å². The van der Waals surface area contributed by atoms with Crippen molar-refractivity contribution in [1.29, 1.82) is 0 Å². The summed E-state index contributed by atoms with van der Waals surface area (Å²) in [6.07, 6.45) is 2.77. The van der Waals surface area contributed by atoms with Crippen molar-refractivity contribution in [3.8, 4) is 0 Å². The Morgan fingerprint density at radius 1 is 1.38 bits per heavy atom. The molecule has 2 saturated heterocycles. The minimum atomic E-state index is -1.18. The number of amides is 2. The summed E-state index contributed by atoms with van der Waals surface area (Å²) in [5.74, 6) is -2.44. The number of carbonyl (C=O) groups excluding carboxylic acids is 2. The van der Waals surface area contributed by atoms with Gasteiger partial charge in [-0.2, -0.15) is 0 Å². The summed E-state index contributed by atoms with van der Waals surface area (Å²) in [5, 5.41) is 20.7. The number of anilines is 1. The molecule has 0 radical (unpaired) electrons. The van der Waals surface area contributed by atoms with Crippen LogP contribution in [0.4, 0.5) is 11.4 Å². The van der Waals surface area contributed by atoms with Crippen molar-refractivity contribution >= 4 is 23.2 Å². The quantitative estimate of drug-likeness (QED) is 0.378. The molecule has 8 heteroatoms. The Balaban J connectivity index is 1.80. The number of carbonyl (C=O) groups is 2. The molecule has 0 aromatic heterocycles. The van der Waals surface area contributed by atoms with Gasteiger partial charge in [0.2, 0.25) is 11.8 Å². The smallest absolute Gasteiger partial charge is 0.271 e. The largest absolute Gasteiger partial charge is 0.393 e. The monoisotopic (exact) mass is 330 g/mol. The van der Waals surface area contributed by atoms with Crippen molar-refractivity contribution in [3.63, 3.8) is 0 Å². The fourth-order valence-electron chi connectivity index (χ4n) is 3.87. The van der Waals surface area contributed by atoms with E-state index in [1.807, 2.05) is 0 Å². The zero-order valence-electron chi connectivity index (χ0n) is 12.7. The maximum atomic E-state index is 12.9. The van der Waals surface area contributed by atoms with Gasteiger partial charge in [0.05, 0.1) is 35.2 Å². The molecule has 3 aliphatic heterocycles. The molecule has 0 aliphatic carbocycles. The molecule has 4 rings (SSSR count). The van der Waals surface area contributed by atoms with Gasteiger partial charge >= 0.3 is 0 Å². The maximum absolute atomic E-state index is 12.9. The summed E-state index contributed by atoms with van der Waals surface area (Å²) >= 11 is 0. The van der Waals surface area contributed by atoms with Crippen molar-refractivity contribution in [2.75, 3.05) is 11.5 Å². The number of nitro benzene ring substituents is 1. The summed E-state index contributed by atoms with van der Waals surface area (Å²) in [4.78, 5) is 37.2. The summed E-state index contributed by atoms with van der Waals surface area (Å²) in [7, 11) is 0. The second kappa shape index (κ2) is 4.71. The number of hydrogen-bond donors (Lipinski definition) is 1. The lowest BCUT2D eigenvalue weighted by atomic mass is 9.77. The first-order chi connectivity index (χ1) is 11.4. The SMILES string of the molecule is Cc1ccc([N+](=O)[O-])cc1N1C(=O)[C@@H]2[C@H]3C=C[C@@](CO)(O3)[C@H]2C1=O. The normalized spacial score (nSPS) is 33.4. The number of hydrogen-bond acceptors (Lipinski definition) is 6. The van der Waals surface area contributed by atoms with Crippen LogP contribution in [0.1, 0.15) is 5.56 Å². The molecule has 0 saturated carbocycles. The van der Waals surface area contributed by atoms with E-state index in [1.165, 1.54) is 18.2 Å². The number of nitro groups is 1. The van der Waals surface area contributed by atoms with Crippen LogP contribution in [0.3, 0.4) is 0 Å². The van der Waals surface area contributed by atoms with Crippen LogP contribution in [0.2, 0.25) is 0 Å². The Morgan fingerprint density at radius 3 is 2.79 bits per heavy atom. The Hall–Kier alpha value is -2.58. The average molecular weight is 330 g/mol. The highest BCUT2D eigenvalue weighted by Gasteiger charge is 2.67. The number of aryl methyl sites for hydroxylation is 1. The predicted octanol–water partition coefficient (Wildman–Crippen LogP) is 0.709. The molecule has 4 atom stereocenters. The molecule has 2 fully saturated rings. The second-order valence-corrected chi connectivity index (χ2v) is 6.30. The van der Waals surface area contributed by atoms with E-state index in [1.54, 1.807) is 19.1 Å². The topological polar surface area (TPSA) is 110 Å². The van der Waals surface area contributed by atoms with E-state index in [2.05, 4.69) is 0 Å². The summed E-state index contributed by atoms with van der Waals surface area (Å²) in [6.45, 7) is 1.28.